The van der Waals surface area contributed by atoms with Gasteiger partial charge < -0.3 is 5.32 Å². The first kappa shape index (κ1) is 15.1. The third-order valence-corrected chi connectivity index (χ3v) is 5.08. The van der Waals surface area contributed by atoms with Gasteiger partial charge in [0.1, 0.15) is 13.5 Å². The Morgan fingerprint density at radius 2 is 1.89 bits per heavy atom. The van der Waals surface area contributed by atoms with E-state index in [4.69, 9.17) is 23.2 Å². The molecule has 19 heavy (non-hydrogen) atoms. The van der Waals surface area contributed by atoms with Gasteiger partial charge in [-0.25, -0.2) is 0 Å². The number of nitrogens with one attached hydrogen (secondary N) is 1. The summed E-state index contributed by atoms with van der Waals surface area (Å²) in [7, 11) is 0. The van der Waals surface area contributed by atoms with Crippen molar-refractivity contribution in [3.63, 3.8) is 0 Å². The molecule has 0 aliphatic heterocycles. The van der Waals surface area contributed by atoms with Crippen molar-refractivity contribution < 1.29 is 22.8 Å². The summed E-state index contributed by atoms with van der Waals surface area (Å²) in [5.74, 6) is -2.64. The summed E-state index contributed by atoms with van der Waals surface area (Å²) >= 11 is 15.5. The zero-order valence-corrected chi connectivity index (χ0v) is 12.6. The molecular formula is C9H3BrCl2F3NO2S. The standard InChI is InChI=1S/C9H3BrCl2F3NO2S/c10-3-4(16-8(18)9(13,14)15)1-2(5(3)17)7(12)19-6(1)11/h3-4H,(H,16,18)/t3-,4+/m0/s1. The van der Waals surface area contributed by atoms with E-state index < -0.39 is 28.7 Å². The second kappa shape index (κ2) is 4.91. The van der Waals surface area contributed by atoms with Gasteiger partial charge in [-0.3, -0.25) is 9.59 Å². The van der Waals surface area contributed by atoms with Gasteiger partial charge in [-0.2, -0.15) is 13.2 Å². The number of rotatable bonds is 1. The first-order chi connectivity index (χ1) is 8.64. The van der Waals surface area contributed by atoms with E-state index in [0.717, 1.165) is 11.3 Å². The zero-order valence-electron chi connectivity index (χ0n) is 8.65. The lowest BCUT2D eigenvalue weighted by Crippen LogP contribution is -2.41. The van der Waals surface area contributed by atoms with E-state index in [2.05, 4.69) is 15.9 Å². The number of carbonyl (C=O) groups excluding carboxylic acids is 2. The Labute approximate surface area is 127 Å². The third kappa shape index (κ3) is 2.51. The van der Waals surface area contributed by atoms with Gasteiger partial charge in [0, 0.05) is 5.56 Å². The molecule has 1 aliphatic rings. The normalized spacial score (nSPS) is 22.5. The van der Waals surface area contributed by atoms with Crippen LogP contribution < -0.4 is 5.32 Å². The van der Waals surface area contributed by atoms with Crippen LogP contribution in [0, 0.1) is 0 Å². The lowest BCUT2D eigenvalue weighted by atomic mass is 10.2. The monoisotopic (exact) mass is 395 g/mol. The highest BCUT2D eigenvalue weighted by Crippen LogP contribution is 2.48. The van der Waals surface area contributed by atoms with Crippen molar-refractivity contribution in [2.45, 2.75) is 17.0 Å². The predicted octanol–water partition coefficient (Wildman–Crippen LogP) is 3.73. The van der Waals surface area contributed by atoms with Crippen molar-refractivity contribution in [2.75, 3.05) is 0 Å². The maximum Gasteiger partial charge on any atom is 0.471 e. The Balaban J connectivity index is 2.39. The molecule has 0 unspecified atom stereocenters. The zero-order chi connectivity index (χ0) is 14.5. The van der Waals surface area contributed by atoms with Gasteiger partial charge in [0.15, 0.2) is 5.78 Å². The highest BCUT2D eigenvalue weighted by Gasteiger charge is 2.47. The number of fused-ring (bicyclic) bond motifs is 1. The molecular weight excluding hydrogens is 394 g/mol. The summed E-state index contributed by atoms with van der Waals surface area (Å²) in [6, 6.07) is -1.19. The van der Waals surface area contributed by atoms with E-state index in [1.807, 2.05) is 0 Å². The molecule has 2 rings (SSSR count). The molecule has 1 aromatic rings. The molecule has 0 fully saturated rings. The molecule has 0 spiro atoms. The number of Topliss-reactive ketones (excluding diaryl/α,β-unsaturated/α-hetero) is 1. The number of alkyl halides is 4. The van der Waals surface area contributed by atoms with Gasteiger partial charge in [0.25, 0.3) is 0 Å². The molecule has 2 atom stereocenters. The topological polar surface area (TPSA) is 46.2 Å². The number of carbonyl (C=O) groups is 2. The second-order valence-corrected chi connectivity index (χ2v) is 6.86. The summed E-state index contributed by atoms with van der Waals surface area (Å²) in [5.41, 5.74) is 0.187. The van der Waals surface area contributed by atoms with Gasteiger partial charge in [-0.05, 0) is 0 Å². The number of ketones is 1. The molecule has 1 aromatic heterocycles. The largest absolute Gasteiger partial charge is 0.471 e. The van der Waals surface area contributed by atoms with E-state index in [-0.39, 0.29) is 19.8 Å². The van der Waals surface area contributed by atoms with Crippen LogP contribution in [-0.4, -0.2) is 22.7 Å². The van der Waals surface area contributed by atoms with Gasteiger partial charge in [-0.15, -0.1) is 11.3 Å². The van der Waals surface area contributed by atoms with Gasteiger partial charge in [0.05, 0.1) is 11.6 Å². The average molecular weight is 397 g/mol. The van der Waals surface area contributed by atoms with Crippen LogP contribution >= 0.6 is 50.5 Å². The quantitative estimate of drug-likeness (QED) is 0.735. The molecule has 0 bridgehead atoms. The van der Waals surface area contributed by atoms with Crippen molar-refractivity contribution in [1.29, 1.82) is 0 Å². The number of hydrogen-bond acceptors (Lipinski definition) is 3. The SMILES string of the molecule is O=C1c2c(Cl)sc(Cl)c2[C@@H](NC(=O)C(F)(F)F)[C@@H]1Br. The summed E-state index contributed by atoms with van der Waals surface area (Å²) in [6.45, 7) is 0. The van der Waals surface area contributed by atoms with Crippen molar-refractivity contribution in [1.82, 2.24) is 5.32 Å². The number of halogens is 6. The van der Waals surface area contributed by atoms with Crippen LogP contribution in [0.3, 0.4) is 0 Å². The second-order valence-electron chi connectivity index (χ2n) is 3.65. The summed E-state index contributed by atoms with van der Waals surface area (Å²) < 4.78 is 36.9. The minimum atomic E-state index is -5.04. The fourth-order valence-electron chi connectivity index (χ4n) is 1.70. The smallest absolute Gasteiger partial charge is 0.340 e. The summed E-state index contributed by atoms with van der Waals surface area (Å²) in [6.07, 6.45) is -5.04. The highest BCUT2D eigenvalue weighted by molar-refractivity contribution is 9.10. The molecule has 10 heteroatoms. The van der Waals surface area contributed by atoms with Gasteiger partial charge in [-0.1, -0.05) is 39.1 Å². The molecule has 1 amide bonds. The number of hydrogen-bond donors (Lipinski definition) is 1. The molecule has 1 N–H and O–H groups in total. The van der Waals surface area contributed by atoms with E-state index in [9.17, 15) is 22.8 Å². The number of amides is 1. The molecule has 3 nitrogen and oxygen atoms in total. The van der Waals surface area contributed by atoms with Crippen molar-refractivity contribution >= 4 is 62.2 Å². The van der Waals surface area contributed by atoms with Crippen LogP contribution in [0.5, 0.6) is 0 Å². The summed E-state index contributed by atoms with van der Waals surface area (Å²) in [5, 5.41) is 1.74. The Bertz CT molecular complexity index is 575. The Kier molecular flexibility index (Phi) is 3.90. The first-order valence-corrected chi connectivity index (χ1v) is 7.17. The first-order valence-electron chi connectivity index (χ1n) is 4.68. The minimum Gasteiger partial charge on any atom is -0.340 e. The van der Waals surface area contributed by atoms with Crippen LogP contribution in [0.1, 0.15) is 22.0 Å². The van der Waals surface area contributed by atoms with Crippen LogP contribution in [0.25, 0.3) is 0 Å². The van der Waals surface area contributed by atoms with Crippen molar-refractivity contribution in [2.24, 2.45) is 0 Å². The lowest BCUT2D eigenvalue weighted by Gasteiger charge is -2.17. The van der Waals surface area contributed by atoms with E-state index >= 15 is 0 Å². The van der Waals surface area contributed by atoms with Crippen molar-refractivity contribution in [3.05, 3.63) is 19.8 Å². The molecule has 0 aromatic carbocycles. The van der Waals surface area contributed by atoms with Gasteiger partial charge >= 0.3 is 12.1 Å². The maximum absolute atomic E-state index is 12.2. The van der Waals surface area contributed by atoms with Gasteiger partial charge in [0.2, 0.25) is 0 Å². The average Bonchev–Trinajstić information content (AvgIpc) is 2.69. The van der Waals surface area contributed by atoms with Crippen LogP contribution in [0.15, 0.2) is 0 Å². The highest BCUT2D eigenvalue weighted by atomic mass is 79.9. The van der Waals surface area contributed by atoms with E-state index in [1.165, 1.54) is 0 Å². The Morgan fingerprint density at radius 1 is 1.32 bits per heavy atom. The molecule has 1 aliphatic carbocycles. The fraction of sp³-hybridized carbons (Fsp3) is 0.333. The summed E-state index contributed by atoms with van der Waals surface area (Å²) in [4.78, 5) is 21.8. The van der Waals surface area contributed by atoms with Crippen molar-refractivity contribution in [3.8, 4) is 0 Å². The molecule has 1 heterocycles. The predicted molar refractivity (Wildman–Crippen MR) is 68.3 cm³/mol. The minimum absolute atomic E-state index is 0.0611. The Morgan fingerprint density at radius 3 is 2.42 bits per heavy atom. The van der Waals surface area contributed by atoms with E-state index in [1.54, 1.807) is 5.32 Å². The Hall–Kier alpha value is -0.310. The van der Waals surface area contributed by atoms with Crippen LogP contribution in [0.4, 0.5) is 13.2 Å². The van der Waals surface area contributed by atoms with Crippen LogP contribution in [0.2, 0.25) is 8.67 Å². The maximum atomic E-state index is 12.2. The van der Waals surface area contributed by atoms with Crippen LogP contribution in [-0.2, 0) is 4.79 Å². The molecule has 0 saturated carbocycles. The number of thiophene rings is 1. The molecule has 0 radical (unpaired) electrons. The third-order valence-electron chi connectivity index (χ3n) is 2.50. The molecule has 104 valence electrons. The van der Waals surface area contributed by atoms with E-state index in [0.29, 0.717) is 0 Å². The fourth-order valence-corrected chi connectivity index (χ4v) is 4.12. The lowest BCUT2D eigenvalue weighted by molar-refractivity contribution is -0.174. The molecule has 0 saturated heterocycles.